The maximum atomic E-state index is 12.2. The normalized spacial score (nSPS) is 17.6. The summed E-state index contributed by atoms with van der Waals surface area (Å²) in [4.78, 5) is 13.4. The Morgan fingerprint density at radius 1 is 1.43 bits per heavy atom. The molecule has 1 aromatic rings. The van der Waals surface area contributed by atoms with Gasteiger partial charge >= 0.3 is 6.36 Å². The van der Waals surface area contributed by atoms with Gasteiger partial charge in [0.2, 0.25) is 5.91 Å². The van der Waals surface area contributed by atoms with Gasteiger partial charge in [-0.2, -0.15) is 0 Å². The van der Waals surface area contributed by atoms with E-state index in [2.05, 4.69) is 10.1 Å². The van der Waals surface area contributed by atoms with Crippen molar-refractivity contribution >= 4 is 24.0 Å². The van der Waals surface area contributed by atoms with Crippen molar-refractivity contribution in [2.75, 3.05) is 24.5 Å². The average Bonchev–Trinajstić information content (AvgIpc) is 2.85. The number of alkyl halides is 3. The zero-order valence-electron chi connectivity index (χ0n) is 12.3. The smallest absolute Gasteiger partial charge is 0.406 e. The fourth-order valence-electron chi connectivity index (χ4n) is 2.42. The Bertz CT molecular complexity index is 528. The third-order valence-electron chi connectivity index (χ3n) is 3.34. The Balaban J connectivity index is 0.00000264. The van der Waals surface area contributed by atoms with Crippen LogP contribution in [-0.2, 0) is 4.79 Å². The molecular weight excluding hydrogens is 335 g/mol. The molecule has 2 rings (SSSR count). The zero-order valence-corrected chi connectivity index (χ0v) is 13.1. The topological polar surface area (TPSA) is 67.6 Å². The molecule has 23 heavy (non-hydrogen) atoms. The second-order valence-electron chi connectivity index (χ2n) is 5.08. The molecule has 1 saturated heterocycles. The maximum Gasteiger partial charge on any atom is 0.573 e. The summed E-state index contributed by atoms with van der Waals surface area (Å²) >= 11 is 0. The minimum absolute atomic E-state index is 0. The molecule has 1 heterocycles. The van der Waals surface area contributed by atoms with Crippen molar-refractivity contribution in [1.82, 2.24) is 5.32 Å². The van der Waals surface area contributed by atoms with Gasteiger partial charge < -0.3 is 20.7 Å². The molecule has 1 aromatic carbocycles. The lowest BCUT2D eigenvalue weighted by atomic mass is 10.2. The largest absolute Gasteiger partial charge is 0.573 e. The van der Waals surface area contributed by atoms with E-state index in [0.29, 0.717) is 25.3 Å². The molecular formula is C14H19ClF3N3O2. The highest BCUT2D eigenvalue weighted by molar-refractivity contribution is 5.85. The van der Waals surface area contributed by atoms with Gasteiger partial charge in [-0.05, 0) is 18.6 Å². The fraction of sp³-hybridized carbons (Fsp3) is 0.500. The number of nitrogens with one attached hydrogen (secondary N) is 1. The monoisotopic (exact) mass is 353 g/mol. The summed E-state index contributed by atoms with van der Waals surface area (Å²) in [5.74, 6) is -0.357. The summed E-state index contributed by atoms with van der Waals surface area (Å²) < 4.78 is 40.6. The Morgan fingerprint density at radius 3 is 2.83 bits per heavy atom. The first-order chi connectivity index (χ1) is 10.4. The average molecular weight is 354 g/mol. The van der Waals surface area contributed by atoms with Gasteiger partial charge in [0.05, 0.1) is 0 Å². The van der Waals surface area contributed by atoms with Gasteiger partial charge in [-0.3, -0.25) is 4.79 Å². The molecule has 1 amide bonds. The van der Waals surface area contributed by atoms with Crippen molar-refractivity contribution in [3.05, 3.63) is 24.3 Å². The van der Waals surface area contributed by atoms with Crippen LogP contribution in [0, 0.1) is 0 Å². The highest BCUT2D eigenvalue weighted by atomic mass is 35.5. The van der Waals surface area contributed by atoms with E-state index in [1.165, 1.54) is 18.2 Å². The highest BCUT2D eigenvalue weighted by Crippen LogP contribution is 2.28. The number of carbonyl (C=O) groups excluding carboxylic acids is 1. The van der Waals surface area contributed by atoms with E-state index in [-0.39, 0.29) is 36.5 Å². The molecule has 1 atom stereocenters. The van der Waals surface area contributed by atoms with Crippen molar-refractivity contribution in [1.29, 1.82) is 0 Å². The van der Waals surface area contributed by atoms with E-state index < -0.39 is 6.36 Å². The maximum absolute atomic E-state index is 12.2. The predicted molar refractivity (Wildman–Crippen MR) is 82.8 cm³/mol. The molecule has 0 saturated carbocycles. The summed E-state index contributed by atoms with van der Waals surface area (Å²) in [5.41, 5.74) is 5.95. The van der Waals surface area contributed by atoms with Crippen molar-refractivity contribution in [2.24, 2.45) is 5.73 Å². The minimum atomic E-state index is -4.71. The summed E-state index contributed by atoms with van der Waals surface area (Å²) in [6.45, 7) is 1.49. The van der Waals surface area contributed by atoms with Crippen LogP contribution in [0.2, 0.25) is 0 Å². The first-order valence-electron chi connectivity index (χ1n) is 6.97. The standard InChI is InChI=1S/C14H18F3N3O2.ClH/c15-14(16,17)22-12-3-1-2-11(8-12)20-7-5-10(9-20)19-13(21)4-6-18;/h1-3,8,10H,4-7,9,18H2,(H,19,21);1H. The fourth-order valence-corrected chi connectivity index (χ4v) is 2.42. The number of rotatable bonds is 5. The summed E-state index contributed by atoms with van der Waals surface area (Å²) in [5, 5.41) is 2.86. The van der Waals surface area contributed by atoms with Crippen LogP contribution in [0.3, 0.4) is 0 Å². The minimum Gasteiger partial charge on any atom is -0.406 e. The summed E-state index contributed by atoms with van der Waals surface area (Å²) in [6, 6.07) is 5.81. The molecule has 1 aliphatic heterocycles. The van der Waals surface area contributed by atoms with Gasteiger partial charge in [-0.15, -0.1) is 25.6 Å². The molecule has 1 unspecified atom stereocenters. The molecule has 3 N–H and O–H groups in total. The molecule has 0 aromatic heterocycles. The van der Waals surface area contributed by atoms with E-state index in [0.717, 1.165) is 6.42 Å². The van der Waals surface area contributed by atoms with E-state index in [1.54, 1.807) is 6.07 Å². The first kappa shape index (κ1) is 19.4. The molecule has 0 radical (unpaired) electrons. The van der Waals surface area contributed by atoms with Crippen LogP contribution in [0.1, 0.15) is 12.8 Å². The number of carbonyl (C=O) groups is 1. The van der Waals surface area contributed by atoms with Crippen molar-refractivity contribution in [2.45, 2.75) is 25.2 Å². The molecule has 5 nitrogen and oxygen atoms in total. The van der Waals surface area contributed by atoms with Crippen molar-refractivity contribution in [3.63, 3.8) is 0 Å². The second kappa shape index (κ2) is 8.26. The summed E-state index contributed by atoms with van der Waals surface area (Å²) in [6.07, 6.45) is -3.70. The first-order valence-corrected chi connectivity index (χ1v) is 6.97. The second-order valence-corrected chi connectivity index (χ2v) is 5.08. The number of anilines is 1. The lowest BCUT2D eigenvalue weighted by Crippen LogP contribution is -2.37. The highest BCUT2D eigenvalue weighted by Gasteiger charge is 2.31. The van der Waals surface area contributed by atoms with Crippen LogP contribution in [0.4, 0.5) is 18.9 Å². The van der Waals surface area contributed by atoms with Gasteiger partial charge in [0.15, 0.2) is 0 Å². The summed E-state index contributed by atoms with van der Waals surface area (Å²) in [7, 11) is 0. The number of nitrogens with zero attached hydrogens (tertiary/aromatic N) is 1. The number of hydrogen-bond acceptors (Lipinski definition) is 4. The van der Waals surface area contributed by atoms with Crippen LogP contribution < -0.4 is 20.7 Å². The van der Waals surface area contributed by atoms with Crippen LogP contribution >= 0.6 is 12.4 Å². The van der Waals surface area contributed by atoms with E-state index in [4.69, 9.17) is 5.73 Å². The number of hydrogen-bond donors (Lipinski definition) is 2. The number of halogens is 4. The quantitative estimate of drug-likeness (QED) is 0.850. The molecule has 130 valence electrons. The number of ether oxygens (including phenoxy) is 1. The molecule has 0 aliphatic carbocycles. The van der Waals surface area contributed by atoms with Gasteiger partial charge in [0.1, 0.15) is 5.75 Å². The Hall–Kier alpha value is -1.67. The third kappa shape index (κ3) is 6.15. The molecule has 1 aliphatic rings. The van der Waals surface area contributed by atoms with E-state index in [9.17, 15) is 18.0 Å². The van der Waals surface area contributed by atoms with E-state index >= 15 is 0 Å². The molecule has 1 fully saturated rings. The van der Waals surface area contributed by atoms with Crippen molar-refractivity contribution in [3.8, 4) is 5.75 Å². The van der Waals surface area contributed by atoms with Crippen LogP contribution in [0.25, 0.3) is 0 Å². The van der Waals surface area contributed by atoms with Crippen LogP contribution in [0.5, 0.6) is 5.75 Å². The van der Waals surface area contributed by atoms with Gasteiger partial charge in [-0.25, -0.2) is 0 Å². The molecule has 0 spiro atoms. The Kier molecular flexibility index (Phi) is 6.96. The number of benzene rings is 1. The Morgan fingerprint density at radius 2 is 2.17 bits per heavy atom. The SMILES string of the molecule is Cl.NCCC(=O)NC1CCN(c2cccc(OC(F)(F)F)c2)C1. The predicted octanol–water partition coefficient (Wildman–Crippen LogP) is 2.05. The number of amides is 1. The lowest BCUT2D eigenvalue weighted by molar-refractivity contribution is -0.274. The molecule has 0 bridgehead atoms. The van der Waals surface area contributed by atoms with Gasteiger partial charge in [0.25, 0.3) is 0 Å². The van der Waals surface area contributed by atoms with Crippen LogP contribution in [0.15, 0.2) is 24.3 Å². The third-order valence-corrected chi connectivity index (χ3v) is 3.34. The van der Waals surface area contributed by atoms with Gasteiger partial charge in [0, 0.05) is 43.9 Å². The van der Waals surface area contributed by atoms with Gasteiger partial charge in [-0.1, -0.05) is 6.07 Å². The van der Waals surface area contributed by atoms with Crippen molar-refractivity contribution < 1.29 is 22.7 Å². The Labute approximate surface area is 138 Å². The van der Waals surface area contributed by atoms with E-state index in [1.807, 2.05) is 4.90 Å². The number of nitrogens with two attached hydrogens (primary N) is 1. The lowest BCUT2D eigenvalue weighted by Gasteiger charge is -2.20. The van der Waals surface area contributed by atoms with Crippen LogP contribution in [-0.4, -0.2) is 37.9 Å². The zero-order chi connectivity index (χ0) is 16.2. The molecule has 9 heteroatoms.